The van der Waals surface area contributed by atoms with Crippen LogP contribution in [0.4, 0.5) is 26.3 Å². The molecule has 0 saturated carbocycles. The standard InChI is InChI=1S/2C18H15OP.2C8H4F3O2S.Eu.NO3/c2*19-20(16-10-4-1-5-11-16,17-12-6-2-7-13-17)18-14-8-3-9-15-18;2*9-8(10,11)7(13)4-5(12)6-2-1-3-14-6;;2-1(3)4/h2*1-15H;2*1-4H;;/q;;2*-1;+3;-1. The first-order valence-corrected chi connectivity index (χ1v) is 25.8. The fourth-order valence-electron chi connectivity index (χ4n) is 6.10. The van der Waals surface area contributed by atoms with Gasteiger partial charge in [-0.3, -0.25) is 0 Å². The van der Waals surface area contributed by atoms with Crippen LogP contribution in [0.2, 0.25) is 0 Å². The molecule has 0 aliphatic carbocycles. The normalized spacial score (nSPS) is 10.7. The van der Waals surface area contributed by atoms with Crippen LogP contribution < -0.4 is 31.8 Å². The fraction of sp³-hybridized carbons (Fsp3) is 0.0385. The van der Waals surface area contributed by atoms with Gasteiger partial charge in [-0.05, 0) is 10.8 Å². The van der Waals surface area contributed by atoms with E-state index in [1.807, 2.05) is 182 Å². The molecular formula is C52H38EuF6NO9P2S2. The van der Waals surface area contributed by atoms with Crippen molar-refractivity contribution in [2.24, 2.45) is 0 Å². The minimum atomic E-state index is -4.98. The number of rotatable bonds is 12. The van der Waals surface area contributed by atoms with Crippen LogP contribution in [0.15, 0.2) is 217 Å². The van der Waals surface area contributed by atoms with Gasteiger partial charge in [0.15, 0.2) is 25.9 Å². The molecule has 21 heteroatoms. The predicted octanol–water partition coefficient (Wildman–Crippen LogP) is 10.9. The Labute approximate surface area is 464 Å². The smallest absolute Gasteiger partial charge is 0.356 e. The van der Waals surface area contributed by atoms with E-state index in [1.54, 1.807) is 10.8 Å². The predicted molar refractivity (Wildman–Crippen MR) is 270 cm³/mol. The maximum Gasteiger partial charge on any atom is 3.00 e. The van der Waals surface area contributed by atoms with Crippen LogP contribution in [0.5, 0.6) is 0 Å². The van der Waals surface area contributed by atoms with Crippen molar-refractivity contribution in [1.82, 2.24) is 0 Å². The zero-order valence-corrected chi connectivity index (χ0v) is 43.3. The van der Waals surface area contributed by atoms with Gasteiger partial charge in [0, 0.05) is 43.4 Å². The van der Waals surface area contributed by atoms with E-state index >= 15 is 0 Å². The largest absolute Gasteiger partial charge is 3.00 e. The van der Waals surface area contributed by atoms with Crippen LogP contribution in [0.3, 0.4) is 0 Å². The first-order chi connectivity index (χ1) is 34.2. The van der Waals surface area contributed by atoms with Gasteiger partial charge in [0.1, 0.15) is 0 Å². The van der Waals surface area contributed by atoms with Gasteiger partial charge in [-0.2, -0.15) is 26.3 Å². The number of hydrogen-bond donors (Lipinski definition) is 0. The Morgan fingerprint density at radius 3 is 0.740 bits per heavy atom. The zero-order valence-electron chi connectivity index (χ0n) is 37.4. The number of carbonyl (C=O) groups excluding carboxylic acids is 4. The van der Waals surface area contributed by atoms with Crippen LogP contribution in [0.25, 0.3) is 0 Å². The van der Waals surface area contributed by atoms with Gasteiger partial charge in [-0.1, -0.05) is 204 Å². The molecule has 0 aliphatic rings. The average molecular weight is 1210 g/mol. The molecule has 376 valence electrons. The molecule has 0 aliphatic heterocycles. The first-order valence-electron chi connectivity index (χ1n) is 20.6. The summed E-state index contributed by atoms with van der Waals surface area (Å²) in [5.74, 6) is -6.09. The van der Waals surface area contributed by atoms with Gasteiger partial charge in [0.2, 0.25) is 0 Å². The van der Waals surface area contributed by atoms with Crippen molar-refractivity contribution in [2.75, 3.05) is 0 Å². The van der Waals surface area contributed by atoms with Gasteiger partial charge in [0.05, 0.1) is 5.09 Å². The molecule has 10 nitrogen and oxygen atoms in total. The third-order valence-corrected chi connectivity index (χ3v) is 17.3. The molecule has 0 atom stereocenters. The Morgan fingerprint density at radius 2 is 0.589 bits per heavy atom. The first kappa shape index (κ1) is 61.3. The quantitative estimate of drug-likeness (QED) is 0.0220. The number of alkyl halides is 6. The van der Waals surface area contributed by atoms with Crippen molar-refractivity contribution >= 4 is 91.9 Å². The number of nitrogens with zero attached hydrogens (tertiary/aromatic N) is 1. The van der Waals surface area contributed by atoms with E-state index in [9.17, 15) is 54.7 Å². The molecule has 8 aromatic rings. The molecule has 0 fully saturated rings. The molecule has 0 radical (unpaired) electrons. The minimum Gasteiger partial charge on any atom is -0.356 e. The van der Waals surface area contributed by atoms with E-state index in [2.05, 4.69) is 0 Å². The Kier molecular flexibility index (Phi) is 24.9. The molecule has 2 heterocycles. The van der Waals surface area contributed by atoms with Crippen LogP contribution in [-0.4, -0.2) is 40.6 Å². The maximum atomic E-state index is 13.8. The van der Waals surface area contributed by atoms with Crippen LogP contribution >= 0.6 is 37.0 Å². The number of benzene rings is 6. The Bertz CT molecular complexity index is 2640. The molecule has 0 bridgehead atoms. The summed E-state index contributed by atoms with van der Waals surface area (Å²) in [6.07, 6.45) is -9.84. The Balaban J connectivity index is 0.000000253. The van der Waals surface area contributed by atoms with E-state index in [1.165, 1.54) is 24.3 Å². The van der Waals surface area contributed by atoms with Crippen molar-refractivity contribution < 1.29 is 109 Å². The zero-order chi connectivity index (χ0) is 52.8. The number of thiophene rings is 2. The monoisotopic (exact) mass is 1210 g/mol. The van der Waals surface area contributed by atoms with E-state index in [4.69, 9.17) is 15.3 Å². The molecule has 0 saturated heterocycles. The van der Waals surface area contributed by atoms with Gasteiger partial charge < -0.3 is 43.6 Å². The number of ketones is 4. The Morgan fingerprint density at radius 1 is 0.397 bits per heavy atom. The average Bonchev–Trinajstić information content (AvgIpc) is 4.15. The van der Waals surface area contributed by atoms with Crippen molar-refractivity contribution in [3.8, 4) is 0 Å². The SMILES string of the molecule is O=C([CH-]C(=O)C(F)(F)F)c1cccs1.O=C([CH-]C(=O)C(F)(F)F)c1cccs1.O=P(c1ccccc1)(c1ccccc1)c1ccccc1.O=P(c1ccccc1)(c1ccccc1)c1ccccc1.O=[N+]([O-])[O-].[Eu+3]. The van der Waals surface area contributed by atoms with E-state index in [0.717, 1.165) is 54.5 Å². The molecular weight excluding hydrogens is 1170 g/mol. The topological polar surface area (TPSA) is 169 Å². The second-order valence-electron chi connectivity index (χ2n) is 14.2. The Hall–Kier alpha value is -6.04. The van der Waals surface area contributed by atoms with Gasteiger partial charge in [-0.25, -0.2) is 22.7 Å². The second-order valence-corrected chi connectivity index (χ2v) is 21.6. The van der Waals surface area contributed by atoms with Gasteiger partial charge >= 0.3 is 61.7 Å². The molecule has 6 aromatic carbocycles. The van der Waals surface area contributed by atoms with E-state index in [0.29, 0.717) is 0 Å². The van der Waals surface area contributed by atoms with E-state index in [-0.39, 0.29) is 72.0 Å². The van der Waals surface area contributed by atoms with Crippen molar-refractivity contribution in [3.63, 3.8) is 0 Å². The summed E-state index contributed by atoms with van der Waals surface area (Å²) in [4.78, 5) is 51.2. The third-order valence-electron chi connectivity index (χ3n) is 9.33. The van der Waals surface area contributed by atoms with Crippen molar-refractivity contribution in [1.29, 1.82) is 0 Å². The molecule has 0 spiro atoms. The summed E-state index contributed by atoms with van der Waals surface area (Å²) >= 11 is 1.97. The summed E-state index contributed by atoms with van der Waals surface area (Å²) in [6, 6.07) is 64.0. The second kappa shape index (κ2) is 29.6. The summed E-state index contributed by atoms with van der Waals surface area (Å²) in [7, 11) is -5.55. The third kappa shape index (κ3) is 18.8. The molecule has 0 N–H and O–H groups in total. The molecule has 0 amide bonds. The van der Waals surface area contributed by atoms with Crippen molar-refractivity contribution in [2.45, 2.75) is 12.4 Å². The van der Waals surface area contributed by atoms with Crippen LogP contribution in [0.1, 0.15) is 19.3 Å². The number of halogens is 6. The molecule has 2 aromatic heterocycles. The summed E-state index contributed by atoms with van der Waals surface area (Å²) in [5.41, 5.74) is 0. The molecule has 0 unspecified atom stereocenters. The summed E-state index contributed by atoms with van der Waals surface area (Å²) in [6.45, 7) is 0. The van der Waals surface area contributed by atoms with Crippen molar-refractivity contribution in [3.05, 3.63) is 255 Å². The number of Topliss-reactive ketones (excluding diaryl/α,β-unsaturated/α-hetero) is 4. The number of hydrogen-bond acceptors (Lipinski definition) is 11. The van der Waals surface area contributed by atoms with Gasteiger partial charge in [0.25, 0.3) is 0 Å². The maximum absolute atomic E-state index is 13.8. The van der Waals surface area contributed by atoms with Gasteiger partial charge in [-0.15, -0.1) is 25.0 Å². The summed E-state index contributed by atoms with van der Waals surface area (Å²) < 4.78 is 98.0. The van der Waals surface area contributed by atoms with Crippen LogP contribution in [0, 0.1) is 77.5 Å². The summed E-state index contributed by atoms with van der Waals surface area (Å²) in [5, 5.41) is 23.1. The molecule has 8 rings (SSSR count). The molecule has 73 heavy (non-hydrogen) atoms. The van der Waals surface area contributed by atoms with Crippen LogP contribution in [-0.2, 0) is 18.7 Å². The fourth-order valence-corrected chi connectivity index (χ4v) is 12.7. The number of carbonyl (C=O) groups is 4. The minimum absolute atomic E-state index is 0. The van der Waals surface area contributed by atoms with E-state index < -0.39 is 54.9 Å².